The van der Waals surface area contributed by atoms with Gasteiger partial charge in [-0.05, 0) is 53.1 Å². The van der Waals surface area contributed by atoms with Gasteiger partial charge < -0.3 is 15.3 Å². The zero-order valence-electron chi connectivity index (χ0n) is 21.4. The summed E-state index contributed by atoms with van der Waals surface area (Å²) in [5.41, 5.74) is 3.47. The van der Waals surface area contributed by atoms with E-state index in [1.165, 1.54) is 23.1 Å². The van der Waals surface area contributed by atoms with Crippen molar-refractivity contribution in [3.8, 4) is 11.1 Å². The number of hydrogen-bond acceptors (Lipinski definition) is 3. The van der Waals surface area contributed by atoms with Gasteiger partial charge in [-0.1, -0.05) is 60.7 Å². The van der Waals surface area contributed by atoms with E-state index in [2.05, 4.69) is 5.32 Å². The molecule has 3 aromatic rings. The summed E-state index contributed by atoms with van der Waals surface area (Å²) in [6, 6.07) is 23.0. The number of halogens is 2. The summed E-state index contributed by atoms with van der Waals surface area (Å²) >= 11 is 0. The van der Waals surface area contributed by atoms with Crippen LogP contribution in [0.4, 0.5) is 14.5 Å². The highest BCUT2D eigenvalue weighted by molar-refractivity contribution is 6.09. The molecule has 1 unspecified atom stereocenters. The number of nitrogens with zero attached hydrogens (tertiary/aromatic N) is 1. The van der Waals surface area contributed by atoms with E-state index in [1.807, 2.05) is 42.5 Å². The van der Waals surface area contributed by atoms with Crippen molar-refractivity contribution in [1.29, 1.82) is 0 Å². The van der Waals surface area contributed by atoms with E-state index >= 15 is 0 Å². The number of alkyl halides is 2. The molecule has 1 saturated heterocycles. The van der Waals surface area contributed by atoms with Gasteiger partial charge in [0, 0.05) is 53.9 Å². The normalized spacial score (nSPS) is 18.9. The summed E-state index contributed by atoms with van der Waals surface area (Å²) in [6.07, 6.45) is 4.42. The van der Waals surface area contributed by atoms with Crippen molar-refractivity contribution in [3.05, 3.63) is 126 Å². The Labute approximate surface area is 229 Å². The molecular formula is C32H26F2N2O4. The molecule has 6 nitrogen and oxygen atoms in total. The Hall–Kier alpha value is -4.85. The molecule has 1 heterocycles. The lowest BCUT2D eigenvalue weighted by molar-refractivity contribution is -0.131. The first kappa shape index (κ1) is 26.7. The molecule has 2 N–H and O–H groups in total. The zero-order valence-corrected chi connectivity index (χ0v) is 21.4. The van der Waals surface area contributed by atoms with Crippen LogP contribution in [0.25, 0.3) is 11.1 Å². The molecule has 2 aliphatic rings. The lowest BCUT2D eigenvalue weighted by Gasteiger charge is -2.30. The molecule has 0 bridgehead atoms. The van der Waals surface area contributed by atoms with Crippen LogP contribution in [0, 0.1) is 5.92 Å². The molecule has 40 heavy (non-hydrogen) atoms. The number of fused-ring (bicyclic) bond motifs is 1. The second-order valence-corrected chi connectivity index (χ2v) is 9.70. The van der Waals surface area contributed by atoms with Crippen LogP contribution in [-0.2, 0) is 4.79 Å². The Kier molecular flexibility index (Phi) is 7.42. The molecule has 0 aromatic heterocycles. The highest BCUT2D eigenvalue weighted by Gasteiger charge is 2.42. The van der Waals surface area contributed by atoms with Gasteiger partial charge in [-0.15, -0.1) is 0 Å². The lowest BCUT2D eigenvalue weighted by atomic mass is 9.86. The van der Waals surface area contributed by atoms with Crippen molar-refractivity contribution in [3.63, 3.8) is 0 Å². The van der Waals surface area contributed by atoms with Gasteiger partial charge in [0.05, 0.1) is 0 Å². The standard InChI is InChI=1S/C32H26F2N2O4/c33-32(34)17-18-36(28-12-6-9-23(19-29(37)38)27(28)20-32)31(40)22-13-15-24(16-14-22)35-30(39)26-11-5-4-10-25(26)21-7-2-1-3-8-21/h1-16,19,27H,17-18,20H2,(H,35,39)(H,37,38)/b23-19-. The number of carbonyl (C=O) groups is 3. The van der Waals surface area contributed by atoms with E-state index in [1.54, 1.807) is 36.4 Å². The van der Waals surface area contributed by atoms with Crippen LogP contribution in [0.1, 0.15) is 33.6 Å². The molecule has 2 amide bonds. The Balaban J connectivity index is 1.36. The summed E-state index contributed by atoms with van der Waals surface area (Å²) in [5.74, 6) is -6.02. The fourth-order valence-corrected chi connectivity index (χ4v) is 5.08. The third-order valence-electron chi connectivity index (χ3n) is 7.01. The second-order valence-electron chi connectivity index (χ2n) is 9.70. The summed E-state index contributed by atoms with van der Waals surface area (Å²) in [7, 11) is 0. The largest absolute Gasteiger partial charge is 0.478 e. The minimum atomic E-state index is -3.06. The van der Waals surface area contributed by atoms with Crippen molar-refractivity contribution in [2.75, 3.05) is 11.9 Å². The monoisotopic (exact) mass is 540 g/mol. The van der Waals surface area contributed by atoms with Crippen LogP contribution in [0.15, 0.2) is 114 Å². The Morgan fingerprint density at radius 3 is 2.38 bits per heavy atom. The molecule has 5 rings (SSSR count). The fraction of sp³-hybridized carbons (Fsp3) is 0.156. The molecule has 1 aliphatic carbocycles. The molecule has 202 valence electrons. The summed E-state index contributed by atoms with van der Waals surface area (Å²) < 4.78 is 29.3. The van der Waals surface area contributed by atoms with Crippen LogP contribution in [0.3, 0.4) is 0 Å². The maximum Gasteiger partial charge on any atom is 0.328 e. The minimum absolute atomic E-state index is 0.211. The summed E-state index contributed by atoms with van der Waals surface area (Å²) in [4.78, 5) is 39.2. The lowest BCUT2D eigenvalue weighted by Crippen LogP contribution is -2.34. The molecule has 0 saturated carbocycles. The number of carboxylic acid groups (broad SMARTS) is 1. The zero-order chi connectivity index (χ0) is 28.3. The van der Waals surface area contributed by atoms with Crippen molar-refractivity contribution in [2.24, 2.45) is 5.92 Å². The molecular weight excluding hydrogens is 514 g/mol. The average molecular weight is 541 g/mol. The van der Waals surface area contributed by atoms with Crippen LogP contribution in [-0.4, -0.2) is 40.3 Å². The van der Waals surface area contributed by atoms with Gasteiger partial charge >= 0.3 is 5.97 Å². The van der Waals surface area contributed by atoms with E-state index in [0.29, 0.717) is 16.9 Å². The van der Waals surface area contributed by atoms with Gasteiger partial charge in [0.2, 0.25) is 0 Å². The van der Waals surface area contributed by atoms with Crippen molar-refractivity contribution >= 4 is 23.5 Å². The number of amides is 2. The van der Waals surface area contributed by atoms with Crippen LogP contribution >= 0.6 is 0 Å². The Morgan fingerprint density at radius 1 is 0.950 bits per heavy atom. The number of nitrogens with one attached hydrogen (secondary N) is 1. The van der Waals surface area contributed by atoms with Crippen molar-refractivity contribution < 1.29 is 28.3 Å². The molecule has 0 spiro atoms. The topological polar surface area (TPSA) is 86.7 Å². The Morgan fingerprint density at radius 2 is 1.65 bits per heavy atom. The average Bonchev–Trinajstić information content (AvgIpc) is 3.09. The van der Waals surface area contributed by atoms with Gasteiger partial charge in [0.1, 0.15) is 0 Å². The maximum atomic E-state index is 14.6. The van der Waals surface area contributed by atoms with Crippen LogP contribution < -0.4 is 5.32 Å². The highest BCUT2D eigenvalue weighted by Crippen LogP contribution is 2.42. The molecule has 8 heteroatoms. The number of allylic oxidation sites excluding steroid dienone is 4. The second kappa shape index (κ2) is 11.1. The first-order valence-corrected chi connectivity index (χ1v) is 12.8. The predicted octanol–water partition coefficient (Wildman–Crippen LogP) is 6.56. The molecule has 1 atom stereocenters. The number of aliphatic carboxylic acids is 1. The predicted molar refractivity (Wildman–Crippen MR) is 148 cm³/mol. The molecule has 3 aromatic carbocycles. The van der Waals surface area contributed by atoms with Crippen molar-refractivity contribution in [1.82, 2.24) is 4.90 Å². The number of carbonyl (C=O) groups excluding carboxylic acids is 2. The number of likely N-dealkylation sites (tertiary alicyclic amines) is 1. The number of hydrogen-bond donors (Lipinski definition) is 2. The maximum absolute atomic E-state index is 14.6. The van der Waals surface area contributed by atoms with E-state index in [-0.39, 0.29) is 23.6 Å². The van der Waals surface area contributed by atoms with E-state index in [4.69, 9.17) is 0 Å². The number of carboxylic acids is 1. The molecule has 1 fully saturated rings. The highest BCUT2D eigenvalue weighted by atomic mass is 19.3. The minimum Gasteiger partial charge on any atom is -0.478 e. The van der Waals surface area contributed by atoms with Gasteiger partial charge in [-0.2, -0.15) is 0 Å². The number of anilines is 1. The van der Waals surface area contributed by atoms with Gasteiger partial charge in [-0.25, -0.2) is 13.6 Å². The molecule has 0 radical (unpaired) electrons. The third kappa shape index (κ3) is 5.76. The molecule has 1 aliphatic heterocycles. The van der Waals surface area contributed by atoms with Gasteiger partial charge in [0.25, 0.3) is 17.7 Å². The summed E-state index contributed by atoms with van der Waals surface area (Å²) in [6.45, 7) is -0.211. The third-order valence-corrected chi connectivity index (χ3v) is 7.01. The van der Waals surface area contributed by atoms with E-state index in [0.717, 1.165) is 17.2 Å². The fourth-order valence-electron chi connectivity index (χ4n) is 5.08. The first-order valence-electron chi connectivity index (χ1n) is 12.8. The van der Waals surface area contributed by atoms with Gasteiger partial charge in [0.15, 0.2) is 0 Å². The number of benzene rings is 3. The smallest absolute Gasteiger partial charge is 0.328 e. The number of rotatable bonds is 5. The van der Waals surface area contributed by atoms with E-state index in [9.17, 15) is 28.3 Å². The SMILES string of the molecule is O=C(O)/C=C1/C=CC=C2C1CC(F)(F)CCN2C(=O)c1ccc(NC(=O)c2ccccc2-c2ccccc2)cc1. The summed E-state index contributed by atoms with van der Waals surface area (Å²) in [5, 5.41) is 12.1. The van der Waals surface area contributed by atoms with Crippen molar-refractivity contribution in [2.45, 2.75) is 18.8 Å². The Bertz CT molecular complexity index is 1540. The van der Waals surface area contributed by atoms with Crippen LogP contribution in [0.2, 0.25) is 0 Å². The first-order chi connectivity index (χ1) is 19.2. The quantitative estimate of drug-likeness (QED) is 0.359. The van der Waals surface area contributed by atoms with Crippen LogP contribution in [0.5, 0.6) is 0 Å². The van der Waals surface area contributed by atoms with E-state index < -0.39 is 36.6 Å². The van der Waals surface area contributed by atoms with Gasteiger partial charge in [-0.3, -0.25) is 9.59 Å².